The molecule has 2 N–H and O–H groups in total. The first-order chi connectivity index (χ1) is 6.36. The Morgan fingerprint density at radius 1 is 1.36 bits per heavy atom. The van der Waals surface area contributed by atoms with Crippen molar-refractivity contribution in [2.75, 3.05) is 7.11 Å². The van der Waals surface area contributed by atoms with E-state index in [4.69, 9.17) is 9.29 Å². The molecule has 0 atom stereocenters. The SMILES string of the molecule is COc1cc(C)c(O)c(S(=O)(=O)O)c1. The highest BCUT2D eigenvalue weighted by molar-refractivity contribution is 7.86. The monoisotopic (exact) mass is 218 g/mol. The minimum Gasteiger partial charge on any atom is -0.506 e. The summed E-state index contributed by atoms with van der Waals surface area (Å²) in [5.41, 5.74) is 0.317. The van der Waals surface area contributed by atoms with E-state index in [9.17, 15) is 13.5 Å². The number of phenols is 1. The zero-order valence-corrected chi connectivity index (χ0v) is 8.50. The van der Waals surface area contributed by atoms with E-state index in [1.54, 1.807) is 0 Å². The molecule has 0 heterocycles. The molecule has 1 rings (SSSR count). The van der Waals surface area contributed by atoms with Crippen LogP contribution in [0.3, 0.4) is 0 Å². The van der Waals surface area contributed by atoms with Gasteiger partial charge >= 0.3 is 0 Å². The summed E-state index contributed by atoms with van der Waals surface area (Å²) in [6.07, 6.45) is 0. The van der Waals surface area contributed by atoms with Crippen LogP contribution in [0.15, 0.2) is 17.0 Å². The number of ether oxygens (including phenoxy) is 1. The zero-order valence-electron chi connectivity index (χ0n) is 7.68. The Hall–Kier alpha value is -1.27. The van der Waals surface area contributed by atoms with Gasteiger partial charge in [0.25, 0.3) is 10.1 Å². The molecule has 78 valence electrons. The molecule has 5 nitrogen and oxygen atoms in total. The molecule has 0 aliphatic carbocycles. The Kier molecular flexibility index (Phi) is 2.68. The first-order valence-electron chi connectivity index (χ1n) is 3.71. The maximum atomic E-state index is 10.8. The Labute approximate surface area is 81.7 Å². The van der Waals surface area contributed by atoms with Crippen LogP contribution < -0.4 is 4.74 Å². The molecule has 1 aromatic rings. The molecule has 0 amide bonds. The number of methoxy groups -OCH3 is 1. The molecule has 0 aromatic heterocycles. The van der Waals surface area contributed by atoms with Crippen LogP contribution in [0.1, 0.15) is 5.56 Å². The van der Waals surface area contributed by atoms with Gasteiger partial charge in [0, 0.05) is 6.07 Å². The van der Waals surface area contributed by atoms with Crippen molar-refractivity contribution in [3.8, 4) is 11.5 Å². The minimum absolute atomic E-state index is 0.257. The maximum absolute atomic E-state index is 10.8. The molecule has 0 spiro atoms. The first-order valence-corrected chi connectivity index (χ1v) is 5.15. The second-order valence-corrected chi connectivity index (χ2v) is 4.16. The largest absolute Gasteiger partial charge is 0.506 e. The molecular formula is C8H10O5S. The van der Waals surface area contributed by atoms with Gasteiger partial charge in [-0.15, -0.1) is 0 Å². The molecule has 0 saturated carbocycles. The van der Waals surface area contributed by atoms with Crippen LogP contribution >= 0.6 is 0 Å². The van der Waals surface area contributed by atoms with E-state index in [2.05, 4.69) is 0 Å². The van der Waals surface area contributed by atoms with Gasteiger partial charge in [-0.2, -0.15) is 8.42 Å². The van der Waals surface area contributed by atoms with Crippen LogP contribution in [0.2, 0.25) is 0 Å². The standard InChI is InChI=1S/C8H10O5S/c1-5-3-6(13-2)4-7(8(5)9)14(10,11)12/h3-4,9H,1-2H3,(H,10,11,12). The number of benzene rings is 1. The van der Waals surface area contributed by atoms with E-state index in [0.29, 0.717) is 5.56 Å². The third kappa shape index (κ3) is 1.97. The topological polar surface area (TPSA) is 83.8 Å². The van der Waals surface area contributed by atoms with Crippen LogP contribution in [-0.2, 0) is 10.1 Å². The van der Waals surface area contributed by atoms with Crippen molar-refractivity contribution in [3.05, 3.63) is 17.7 Å². The van der Waals surface area contributed by atoms with E-state index in [0.717, 1.165) is 6.07 Å². The highest BCUT2D eigenvalue weighted by atomic mass is 32.2. The summed E-state index contributed by atoms with van der Waals surface area (Å²) in [5, 5.41) is 9.36. The summed E-state index contributed by atoms with van der Waals surface area (Å²) < 4.78 is 35.2. The van der Waals surface area contributed by atoms with E-state index in [1.165, 1.54) is 20.1 Å². The number of aromatic hydroxyl groups is 1. The predicted octanol–water partition coefficient (Wildman–Crippen LogP) is 0.956. The Morgan fingerprint density at radius 2 is 1.93 bits per heavy atom. The molecule has 0 aliphatic rings. The fourth-order valence-electron chi connectivity index (χ4n) is 1.03. The quantitative estimate of drug-likeness (QED) is 0.722. The Morgan fingerprint density at radius 3 is 2.36 bits per heavy atom. The zero-order chi connectivity index (χ0) is 10.9. The van der Waals surface area contributed by atoms with Crippen LogP contribution in [-0.4, -0.2) is 25.2 Å². The van der Waals surface area contributed by atoms with Crippen molar-refractivity contribution >= 4 is 10.1 Å². The van der Waals surface area contributed by atoms with E-state index in [1.807, 2.05) is 0 Å². The van der Waals surface area contributed by atoms with Gasteiger partial charge in [-0.3, -0.25) is 4.55 Å². The van der Waals surface area contributed by atoms with E-state index < -0.39 is 20.8 Å². The average Bonchev–Trinajstić information content (AvgIpc) is 2.07. The van der Waals surface area contributed by atoms with Gasteiger partial charge in [0.15, 0.2) is 0 Å². The Bertz CT molecular complexity index is 449. The van der Waals surface area contributed by atoms with E-state index in [-0.39, 0.29) is 5.75 Å². The molecule has 0 fully saturated rings. The second kappa shape index (κ2) is 3.47. The summed E-state index contributed by atoms with van der Waals surface area (Å²) in [5.74, 6) is -0.207. The fraction of sp³-hybridized carbons (Fsp3) is 0.250. The van der Waals surface area contributed by atoms with Gasteiger partial charge in [0.2, 0.25) is 0 Å². The lowest BCUT2D eigenvalue weighted by Gasteiger charge is -2.07. The Balaban J connectivity index is 3.51. The van der Waals surface area contributed by atoms with Crippen LogP contribution in [0, 0.1) is 6.92 Å². The second-order valence-electron chi connectivity index (χ2n) is 2.77. The number of hydrogen-bond acceptors (Lipinski definition) is 4. The average molecular weight is 218 g/mol. The highest BCUT2D eigenvalue weighted by Gasteiger charge is 2.18. The molecule has 0 aliphatic heterocycles. The van der Waals surface area contributed by atoms with Crippen molar-refractivity contribution < 1.29 is 22.8 Å². The van der Waals surface area contributed by atoms with Crippen molar-refractivity contribution in [1.29, 1.82) is 0 Å². The summed E-state index contributed by atoms with van der Waals surface area (Å²) in [6.45, 7) is 1.51. The first kappa shape index (κ1) is 10.8. The molecule has 0 bridgehead atoms. The minimum atomic E-state index is -4.42. The summed E-state index contributed by atoms with van der Waals surface area (Å²) in [4.78, 5) is -0.547. The third-order valence-electron chi connectivity index (χ3n) is 1.75. The van der Waals surface area contributed by atoms with Crippen LogP contribution in [0.4, 0.5) is 0 Å². The predicted molar refractivity (Wildman–Crippen MR) is 49.2 cm³/mol. The third-order valence-corrected chi connectivity index (χ3v) is 2.62. The number of hydrogen-bond donors (Lipinski definition) is 2. The smallest absolute Gasteiger partial charge is 0.298 e. The maximum Gasteiger partial charge on any atom is 0.298 e. The number of phenolic OH excluding ortho intramolecular Hbond substituents is 1. The summed E-state index contributed by atoms with van der Waals surface area (Å²) in [6, 6.07) is 2.52. The van der Waals surface area contributed by atoms with Gasteiger partial charge in [-0.25, -0.2) is 0 Å². The van der Waals surface area contributed by atoms with E-state index >= 15 is 0 Å². The molecule has 0 saturated heterocycles. The molecule has 0 radical (unpaired) electrons. The van der Waals surface area contributed by atoms with Crippen LogP contribution in [0.5, 0.6) is 11.5 Å². The lowest BCUT2D eigenvalue weighted by Crippen LogP contribution is -2.00. The van der Waals surface area contributed by atoms with Crippen molar-refractivity contribution in [2.24, 2.45) is 0 Å². The number of rotatable bonds is 2. The fourth-order valence-corrected chi connectivity index (χ4v) is 1.70. The van der Waals surface area contributed by atoms with Crippen LogP contribution in [0.25, 0.3) is 0 Å². The lowest BCUT2D eigenvalue weighted by atomic mass is 10.2. The number of aryl methyl sites for hydroxylation is 1. The van der Waals surface area contributed by atoms with Gasteiger partial charge in [0.1, 0.15) is 16.4 Å². The molecule has 14 heavy (non-hydrogen) atoms. The molecule has 1 aromatic carbocycles. The highest BCUT2D eigenvalue weighted by Crippen LogP contribution is 2.30. The summed E-state index contributed by atoms with van der Waals surface area (Å²) in [7, 11) is -3.06. The van der Waals surface area contributed by atoms with Crippen molar-refractivity contribution in [2.45, 2.75) is 11.8 Å². The van der Waals surface area contributed by atoms with Gasteiger partial charge < -0.3 is 9.84 Å². The summed E-state index contributed by atoms with van der Waals surface area (Å²) >= 11 is 0. The van der Waals surface area contributed by atoms with Crippen molar-refractivity contribution in [3.63, 3.8) is 0 Å². The van der Waals surface area contributed by atoms with Crippen molar-refractivity contribution in [1.82, 2.24) is 0 Å². The normalized spacial score (nSPS) is 11.4. The van der Waals surface area contributed by atoms with Gasteiger partial charge in [-0.05, 0) is 18.6 Å². The molecular weight excluding hydrogens is 208 g/mol. The molecule has 6 heteroatoms. The lowest BCUT2D eigenvalue weighted by molar-refractivity contribution is 0.404. The van der Waals surface area contributed by atoms with Gasteiger partial charge in [-0.1, -0.05) is 0 Å². The molecule has 0 unspecified atom stereocenters. The van der Waals surface area contributed by atoms with Gasteiger partial charge in [0.05, 0.1) is 7.11 Å².